The average molecular weight is 243 g/mol. The normalized spacial score (nSPS) is 11.5. The van der Waals surface area contributed by atoms with E-state index in [9.17, 15) is 0 Å². The molecule has 0 aromatic carbocycles. The Balaban J connectivity index is 2.05. The molecule has 0 aliphatic rings. The fourth-order valence-electron chi connectivity index (χ4n) is 1.51. The zero-order valence-corrected chi connectivity index (χ0v) is 9.63. The minimum atomic E-state index is 0.231. The molecule has 0 aliphatic heterocycles. The molecular weight excluding hydrogens is 234 g/mol. The molecule has 3 rings (SSSR count). The number of anilines is 1. The number of nitrogens with zero attached hydrogens (tertiary/aromatic N) is 4. The highest BCUT2D eigenvalue weighted by Gasteiger charge is 2.03. The van der Waals surface area contributed by atoms with Gasteiger partial charge in [-0.15, -0.1) is 16.4 Å². The zero-order valence-electron chi connectivity index (χ0n) is 8.82. The molecule has 84 valence electrons. The Kier molecular flexibility index (Phi) is 2.34. The minimum absolute atomic E-state index is 0.231. The summed E-state index contributed by atoms with van der Waals surface area (Å²) < 4.78 is 1.62. The summed E-state index contributed by atoms with van der Waals surface area (Å²) >= 11 is 1.68. The number of fused-ring (bicyclic) bond motifs is 1. The van der Waals surface area contributed by atoms with Crippen LogP contribution in [0.2, 0.25) is 0 Å². The molecular formula is C11H9N5S. The molecule has 3 aromatic heterocycles. The van der Waals surface area contributed by atoms with Crippen LogP contribution >= 0.6 is 11.3 Å². The van der Waals surface area contributed by atoms with E-state index in [2.05, 4.69) is 21.1 Å². The lowest BCUT2D eigenvalue weighted by Crippen LogP contribution is -1.95. The van der Waals surface area contributed by atoms with E-state index in [0.29, 0.717) is 5.78 Å². The van der Waals surface area contributed by atoms with Gasteiger partial charge in [-0.3, -0.25) is 0 Å². The summed E-state index contributed by atoms with van der Waals surface area (Å²) in [6.07, 6.45) is 5.68. The molecule has 0 spiro atoms. The van der Waals surface area contributed by atoms with Gasteiger partial charge in [0.15, 0.2) is 0 Å². The lowest BCUT2D eigenvalue weighted by atomic mass is 10.3. The van der Waals surface area contributed by atoms with Gasteiger partial charge in [-0.25, -0.2) is 4.98 Å². The van der Waals surface area contributed by atoms with Crippen LogP contribution in [0.25, 0.3) is 17.9 Å². The van der Waals surface area contributed by atoms with E-state index in [1.54, 1.807) is 22.0 Å². The van der Waals surface area contributed by atoms with Crippen molar-refractivity contribution in [2.75, 3.05) is 5.73 Å². The Morgan fingerprint density at radius 2 is 2.24 bits per heavy atom. The molecule has 0 radical (unpaired) electrons. The van der Waals surface area contributed by atoms with Crippen LogP contribution in [-0.4, -0.2) is 19.6 Å². The molecule has 0 atom stereocenters. The highest BCUT2D eigenvalue weighted by Crippen LogP contribution is 2.13. The maximum Gasteiger partial charge on any atom is 0.254 e. The van der Waals surface area contributed by atoms with Crippen LogP contribution in [0.1, 0.15) is 10.6 Å². The fraction of sp³-hybridized carbons (Fsp3) is 0. The van der Waals surface area contributed by atoms with Crippen molar-refractivity contribution in [3.8, 4) is 0 Å². The van der Waals surface area contributed by atoms with E-state index in [4.69, 9.17) is 5.73 Å². The van der Waals surface area contributed by atoms with E-state index in [-0.39, 0.29) is 5.95 Å². The third-order valence-electron chi connectivity index (χ3n) is 2.25. The van der Waals surface area contributed by atoms with Gasteiger partial charge in [0, 0.05) is 11.1 Å². The van der Waals surface area contributed by atoms with Gasteiger partial charge in [-0.1, -0.05) is 6.07 Å². The zero-order chi connectivity index (χ0) is 11.7. The molecule has 0 saturated carbocycles. The third-order valence-corrected chi connectivity index (χ3v) is 3.09. The molecule has 0 amide bonds. The highest BCUT2D eigenvalue weighted by atomic mass is 32.1. The smallest absolute Gasteiger partial charge is 0.254 e. The molecule has 17 heavy (non-hydrogen) atoms. The van der Waals surface area contributed by atoms with Gasteiger partial charge in [-0.2, -0.15) is 9.50 Å². The topological polar surface area (TPSA) is 69.1 Å². The first kappa shape index (κ1) is 9.98. The van der Waals surface area contributed by atoms with Crippen LogP contribution in [0.15, 0.2) is 29.8 Å². The standard InChI is InChI=1S/C11H9N5S/c12-10-14-11-13-6-5-8(16(11)15-10)3-4-9-2-1-7-17-9/h1-7H,(H2,12,15). The van der Waals surface area contributed by atoms with Gasteiger partial charge in [0.05, 0.1) is 5.69 Å². The Morgan fingerprint density at radius 1 is 1.29 bits per heavy atom. The minimum Gasteiger partial charge on any atom is -0.366 e. The average Bonchev–Trinajstić information content (AvgIpc) is 2.93. The number of aromatic nitrogens is 4. The first-order valence-corrected chi connectivity index (χ1v) is 5.90. The summed E-state index contributed by atoms with van der Waals surface area (Å²) in [6, 6.07) is 5.93. The van der Waals surface area contributed by atoms with Gasteiger partial charge in [0.25, 0.3) is 5.78 Å². The predicted octanol–water partition coefficient (Wildman–Crippen LogP) is 1.94. The molecule has 3 heterocycles. The van der Waals surface area contributed by atoms with Gasteiger partial charge in [-0.05, 0) is 29.7 Å². The molecule has 5 nitrogen and oxygen atoms in total. The van der Waals surface area contributed by atoms with Crippen LogP contribution in [0.3, 0.4) is 0 Å². The predicted molar refractivity (Wildman–Crippen MR) is 68.4 cm³/mol. The van der Waals surface area contributed by atoms with E-state index in [1.807, 2.05) is 29.7 Å². The molecule has 2 N–H and O–H groups in total. The van der Waals surface area contributed by atoms with E-state index in [0.717, 1.165) is 5.69 Å². The maximum absolute atomic E-state index is 5.55. The molecule has 0 saturated heterocycles. The molecule has 0 unspecified atom stereocenters. The van der Waals surface area contributed by atoms with Gasteiger partial charge >= 0.3 is 0 Å². The van der Waals surface area contributed by atoms with Crippen LogP contribution < -0.4 is 5.73 Å². The number of thiophene rings is 1. The van der Waals surface area contributed by atoms with Crippen LogP contribution in [0, 0.1) is 0 Å². The van der Waals surface area contributed by atoms with Crippen molar-refractivity contribution in [1.29, 1.82) is 0 Å². The lowest BCUT2D eigenvalue weighted by molar-refractivity contribution is 0.932. The molecule has 6 heteroatoms. The second-order valence-corrected chi connectivity index (χ2v) is 4.38. The summed E-state index contributed by atoms with van der Waals surface area (Å²) in [5.41, 5.74) is 6.44. The first-order valence-electron chi connectivity index (χ1n) is 5.02. The second kappa shape index (κ2) is 3.99. The monoisotopic (exact) mass is 243 g/mol. The lowest BCUT2D eigenvalue weighted by Gasteiger charge is -1.95. The van der Waals surface area contributed by atoms with Crippen molar-refractivity contribution >= 4 is 35.2 Å². The number of hydrogen-bond acceptors (Lipinski definition) is 5. The SMILES string of the molecule is Nc1nc2nccc(C=Cc3cccs3)n2n1. The number of rotatable bonds is 2. The quantitative estimate of drug-likeness (QED) is 0.746. The summed E-state index contributed by atoms with van der Waals surface area (Å²) in [4.78, 5) is 9.28. The third kappa shape index (κ3) is 1.90. The van der Waals surface area contributed by atoms with Crippen molar-refractivity contribution in [1.82, 2.24) is 19.6 Å². The Morgan fingerprint density at radius 3 is 3.06 bits per heavy atom. The van der Waals surface area contributed by atoms with Crippen molar-refractivity contribution in [3.05, 3.63) is 40.3 Å². The van der Waals surface area contributed by atoms with E-state index >= 15 is 0 Å². The maximum atomic E-state index is 5.55. The number of nitrogens with two attached hydrogens (primary N) is 1. The summed E-state index contributed by atoms with van der Waals surface area (Å²) in [7, 11) is 0. The highest BCUT2D eigenvalue weighted by molar-refractivity contribution is 7.10. The Labute approximate surface area is 101 Å². The van der Waals surface area contributed by atoms with Crippen LogP contribution in [0.4, 0.5) is 5.95 Å². The van der Waals surface area contributed by atoms with Crippen molar-refractivity contribution in [3.63, 3.8) is 0 Å². The summed E-state index contributed by atoms with van der Waals surface area (Å²) in [6.45, 7) is 0. The van der Waals surface area contributed by atoms with Gasteiger partial charge in [0.1, 0.15) is 0 Å². The van der Waals surface area contributed by atoms with Gasteiger partial charge in [0.2, 0.25) is 5.95 Å². The van der Waals surface area contributed by atoms with E-state index in [1.165, 1.54) is 4.88 Å². The number of hydrogen-bond donors (Lipinski definition) is 1. The largest absolute Gasteiger partial charge is 0.366 e. The Bertz CT molecular complexity index is 668. The first-order chi connectivity index (χ1) is 8.33. The van der Waals surface area contributed by atoms with Crippen molar-refractivity contribution in [2.45, 2.75) is 0 Å². The summed E-state index contributed by atoms with van der Waals surface area (Å²) in [5.74, 6) is 0.741. The fourth-order valence-corrected chi connectivity index (χ4v) is 2.12. The van der Waals surface area contributed by atoms with Crippen molar-refractivity contribution in [2.24, 2.45) is 0 Å². The van der Waals surface area contributed by atoms with E-state index < -0.39 is 0 Å². The van der Waals surface area contributed by atoms with Gasteiger partial charge < -0.3 is 5.73 Å². The molecule has 0 fully saturated rings. The van der Waals surface area contributed by atoms with Crippen molar-refractivity contribution < 1.29 is 0 Å². The summed E-state index contributed by atoms with van der Waals surface area (Å²) in [5, 5.41) is 6.12. The van der Waals surface area contributed by atoms with Crippen LogP contribution in [-0.2, 0) is 0 Å². The Hall–Kier alpha value is -2.21. The molecule has 3 aromatic rings. The number of nitrogen functional groups attached to an aromatic ring is 1. The van der Waals surface area contributed by atoms with Crippen LogP contribution in [0.5, 0.6) is 0 Å². The molecule has 0 aliphatic carbocycles. The second-order valence-electron chi connectivity index (χ2n) is 3.40. The molecule has 0 bridgehead atoms.